The number of unbranched alkanes of at least 4 members (excludes halogenated alkanes) is 2. The summed E-state index contributed by atoms with van der Waals surface area (Å²) in [6, 6.07) is 5.29. The van der Waals surface area contributed by atoms with Crippen LogP contribution in [0.2, 0.25) is 10.0 Å². The number of benzene rings is 1. The van der Waals surface area contributed by atoms with Gasteiger partial charge in [-0.15, -0.1) is 12.4 Å². The van der Waals surface area contributed by atoms with Gasteiger partial charge in [0, 0.05) is 12.6 Å². The Morgan fingerprint density at radius 3 is 2.71 bits per heavy atom. The van der Waals surface area contributed by atoms with E-state index in [1.54, 1.807) is 12.1 Å². The zero-order valence-electron chi connectivity index (χ0n) is 14.2. The lowest BCUT2D eigenvalue weighted by atomic mass is 9.91. The van der Waals surface area contributed by atoms with E-state index in [2.05, 4.69) is 11.8 Å². The zero-order chi connectivity index (χ0) is 16.7. The molecular weight excluding hydrogens is 369 g/mol. The van der Waals surface area contributed by atoms with E-state index >= 15 is 0 Å². The average Bonchev–Trinajstić information content (AvgIpc) is 2.53. The average molecular weight is 397 g/mol. The summed E-state index contributed by atoms with van der Waals surface area (Å²) >= 11 is 11.9. The number of hydrogen-bond donors (Lipinski definition) is 1. The minimum atomic E-state index is -0.247. The van der Waals surface area contributed by atoms with E-state index in [1.807, 2.05) is 6.07 Å². The van der Waals surface area contributed by atoms with E-state index in [4.69, 9.17) is 27.9 Å². The zero-order valence-corrected chi connectivity index (χ0v) is 16.5. The Bertz CT molecular complexity index is 487. The van der Waals surface area contributed by atoms with Crippen LogP contribution in [-0.2, 0) is 0 Å². The molecule has 0 amide bonds. The van der Waals surface area contributed by atoms with E-state index in [0.717, 1.165) is 38.2 Å². The van der Waals surface area contributed by atoms with Gasteiger partial charge in [0.1, 0.15) is 5.75 Å². The van der Waals surface area contributed by atoms with Crippen LogP contribution < -0.4 is 4.74 Å². The monoisotopic (exact) mass is 395 g/mol. The molecule has 1 aliphatic heterocycles. The van der Waals surface area contributed by atoms with E-state index in [1.165, 1.54) is 19.3 Å². The first-order valence-electron chi connectivity index (χ1n) is 8.58. The lowest BCUT2D eigenvalue weighted by Crippen LogP contribution is -2.44. The Morgan fingerprint density at radius 1 is 1.25 bits per heavy atom. The van der Waals surface area contributed by atoms with Crippen molar-refractivity contribution in [3.63, 3.8) is 0 Å². The van der Waals surface area contributed by atoms with Crippen molar-refractivity contribution >= 4 is 35.6 Å². The number of β-amino-alcohol motifs (C(OH)–C–C–N with tert-alkyl or cyclic N) is 1. The van der Waals surface area contributed by atoms with Gasteiger partial charge in [-0.3, -0.25) is 0 Å². The molecule has 0 aromatic heterocycles. The van der Waals surface area contributed by atoms with Gasteiger partial charge in [-0.2, -0.15) is 0 Å². The number of aliphatic hydroxyl groups excluding tert-OH is 1. The number of ether oxygens (including phenoxy) is 1. The maximum atomic E-state index is 10.3. The summed E-state index contributed by atoms with van der Waals surface area (Å²) in [7, 11) is 0. The summed E-state index contributed by atoms with van der Waals surface area (Å²) in [6.07, 6.45) is 5.40. The molecule has 3 nitrogen and oxygen atoms in total. The number of nitrogens with zero attached hydrogens (tertiary/aromatic N) is 1. The van der Waals surface area contributed by atoms with Crippen molar-refractivity contribution in [3.8, 4) is 5.75 Å². The van der Waals surface area contributed by atoms with Crippen LogP contribution in [0, 0.1) is 5.92 Å². The molecule has 0 spiro atoms. The normalized spacial score (nSPS) is 21.3. The van der Waals surface area contributed by atoms with Crippen LogP contribution in [0.1, 0.15) is 39.0 Å². The maximum absolute atomic E-state index is 10.3. The summed E-state index contributed by atoms with van der Waals surface area (Å²) in [5.74, 6) is 1.05. The predicted molar refractivity (Wildman–Crippen MR) is 104 cm³/mol. The molecule has 1 heterocycles. The highest BCUT2D eigenvalue weighted by Crippen LogP contribution is 2.27. The van der Waals surface area contributed by atoms with E-state index in [0.29, 0.717) is 22.6 Å². The van der Waals surface area contributed by atoms with Crippen molar-refractivity contribution in [1.29, 1.82) is 0 Å². The van der Waals surface area contributed by atoms with Crippen LogP contribution >= 0.6 is 35.6 Å². The summed E-state index contributed by atoms with van der Waals surface area (Å²) in [5, 5.41) is 11.4. The molecule has 0 radical (unpaired) electrons. The SMILES string of the molecule is CCCCCN1CCC(CCOc2ccc(Cl)c(Cl)c2)C(O)C1.Cl. The van der Waals surface area contributed by atoms with Crippen LogP contribution in [0.15, 0.2) is 18.2 Å². The molecular formula is C18H28Cl3NO2. The number of aliphatic hydroxyl groups is 1. The predicted octanol–water partition coefficient (Wildman–Crippen LogP) is 5.06. The number of likely N-dealkylation sites (tertiary alicyclic amines) is 1. The molecule has 1 N–H and O–H groups in total. The topological polar surface area (TPSA) is 32.7 Å². The highest BCUT2D eigenvalue weighted by molar-refractivity contribution is 6.42. The van der Waals surface area contributed by atoms with Crippen molar-refractivity contribution in [2.75, 3.05) is 26.2 Å². The fourth-order valence-electron chi connectivity index (χ4n) is 3.07. The Kier molecular flexibility index (Phi) is 10.4. The molecule has 0 aliphatic carbocycles. The number of hydrogen-bond acceptors (Lipinski definition) is 3. The first-order valence-corrected chi connectivity index (χ1v) is 9.34. The van der Waals surface area contributed by atoms with Gasteiger partial charge in [-0.25, -0.2) is 0 Å². The molecule has 2 atom stereocenters. The van der Waals surface area contributed by atoms with Crippen LogP contribution in [0.25, 0.3) is 0 Å². The molecule has 1 aliphatic rings. The highest BCUT2D eigenvalue weighted by Gasteiger charge is 2.27. The van der Waals surface area contributed by atoms with Crippen LogP contribution in [0.3, 0.4) is 0 Å². The minimum Gasteiger partial charge on any atom is -0.494 e. The molecule has 1 fully saturated rings. The lowest BCUT2D eigenvalue weighted by molar-refractivity contribution is 0.0129. The molecule has 2 rings (SSSR count). The molecule has 0 bridgehead atoms. The minimum absolute atomic E-state index is 0. The highest BCUT2D eigenvalue weighted by atomic mass is 35.5. The lowest BCUT2D eigenvalue weighted by Gasteiger charge is -2.36. The quantitative estimate of drug-likeness (QED) is 0.624. The van der Waals surface area contributed by atoms with Crippen LogP contribution in [0.5, 0.6) is 5.75 Å². The third-order valence-corrected chi connectivity index (χ3v) is 5.27. The van der Waals surface area contributed by atoms with Crippen molar-refractivity contribution in [1.82, 2.24) is 4.90 Å². The van der Waals surface area contributed by atoms with Gasteiger partial charge in [0.25, 0.3) is 0 Å². The molecule has 1 saturated heterocycles. The van der Waals surface area contributed by atoms with Gasteiger partial charge in [0.2, 0.25) is 0 Å². The van der Waals surface area contributed by atoms with Crippen molar-refractivity contribution in [2.24, 2.45) is 5.92 Å². The molecule has 6 heteroatoms. The second kappa shape index (κ2) is 11.4. The second-order valence-electron chi connectivity index (χ2n) is 6.34. The number of piperidine rings is 1. The smallest absolute Gasteiger partial charge is 0.120 e. The van der Waals surface area contributed by atoms with Crippen LogP contribution in [0.4, 0.5) is 0 Å². The van der Waals surface area contributed by atoms with Gasteiger partial charge < -0.3 is 14.7 Å². The third-order valence-electron chi connectivity index (χ3n) is 4.53. The van der Waals surface area contributed by atoms with Crippen molar-refractivity contribution in [3.05, 3.63) is 28.2 Å². The van der Waals surface area contributed by atoms with Gasteiger partial charge >= 0.3 is 0 Å². The number of halogens is 3. The largest absolute Gasteiger partial charge is 0.494 e. The first-order chi connectivity index (χ1) is 11.1. The van der Waals surface area contributed by atoms with Gasteiger partial charge in [-0.1, -0.05) is 43.0 Å². The maximum Gasteiger partial charge on any atom is 0.120 e. The third kappa shape index (κ3) is 6.97. The summed E-state index contributed by atoms with van der Waals surface area (Å²) in [5.41, 5.74) is 0. The van der Waals surface area contributed by atoms with Gasteiger partial charge in [-0.05, 0) is 50.4 Å². The first kappa shape index (κ1) is 21.9. The van der Waals surface area contributed by atoms with Gasteiger partial charge in [0.05, 0.1) is 22.8 Å². The molecule has 2 unspecified atom stereocenters. The standard InChI is InChI=1S/C18H27Cl2NO2.ClH/c1-2-3-4-9-21-10-7-14(18(22)13-21)8-11-23-15-5-6-16(19)17(20)12-15;/h5-6,12,14,18,22H,2-4,7-11,13H2,1H3;1H. The van der Waals surface area contributed by atoms with E-state index in [9.17, 15) is 5.11 Å². The Labute approximate surface area is 161 Å². The molecule has 1 aromatic carbocycles. The number of rotatable bonds is 8. The molecule has 24 heavy (non-hydrogen) atoms. The fraction of sp³-hybridized carbons (Fsp3) is 0.667. The fourth-order valence-corrected chi connectivity index (χ4v) is 3.35. The summed E-state index contributed by atoms with van der Waals surface area (Å²) in [4.78, 5) is 2.39. The Hall–Kier alpha value is -0.190. The van der Waals surface area contributed by atoms with Crippen molar-refractivity contribution in [2.45, 2.75) is 45.1 Å². The van der Waals surface area contributed by atoms with Crippen LogP contribution in [-0.4, -0.2) is 42.4 Å². The van der Waals surface area contributed by atoms with Gasteiger partial charge in [0.15, 0.2) is 0 Å². The summed E-state index contributed by atoms with van der Waals surface area (Å²) in [6.45, 7) is 5.79. The van der Waals surface area contributed by atoms with E-state index < -0.39 is 0 Å². The Balaban J connectivity index is 0.00000288. The van der Waals surface area contributed by atoms with E-state index in [-0.39, 0.29) is 18.5 Å². The Morgan fingerprint density at radius 2 is 2.04 bits per heavy atom. The summed E-state index contributed by atoms with van der Waals surface area (Å²) < 4.78 is 5.73. The second-order valence-corrected chi connectivity index (χ2v) is 7.15. The molecule has 138 valence electrons. The van der Waals surface area contributed by atoms with Crippen molar-refractivity contribution < 1.29 is 9.84 Å². The molecule has 1 aromatic rings. The molecule has 0 saturated carbocycles.